The molecule has 30 heavy (non-hydrogen) atoms. The molecule has 1 aromatic carbocycles. The lowest BCUT2D eigenvalue weighted by atomic mass is 9.81. The van der Waals surface area contributed by atoms with Crippen LogP contribution in [-0.4, -0.2) is 48.4 Å². The number of sulfonamides is 1. The Kier molecular flexibility index (Phi) is 5.61. The van der Waals surface area contributed by atoms with Crippen LogP contribution in [0.5, 0.6) is 0 Å². The van der Waals surface area contributed by atoms with Crippen LogP contribution in [0.4, 0.5) is 10.1 Å². The Morgan fingerprint density at radius 2 is 2.13 bits per heavy atom. The smallest absolute Gasteiger partial charge is 0.253 e. The Bertz CT molecular complexity index is 1030. The van der Waals surface area contributed by atoms with Crippen molar-refractivity contribution in [1.29, 1.82) is 0 Å². The standard InChI is InChI=1S/C21H24FN3O4S/c1-15-14-25(30(27,28)18-6-2-4-16(22)12-18)11-9-21(15)8-7-19(29-21)20(26)24-17-5-3-10-23-13-17/h2-6,10,12-13,15,19H,7-9,11,14H2,1H3,(H,24,26). The van der Waals surface area contributed by atoms with Crippen molar-refractivity contribution in [2.45, 2.75) is 42.8 Å². The molecule has 0 bridgehead atoms. The average molecular weight is 434 g/mol. The largest absolute Gasteiger partial charge is 0.362 e. The maximum Gasteiger partial charge on any atom is 0.253 e. The number of hydrogen-bond acceptors (Lipinski definition) is 5. The highest BCUT2D eigenvalue weighted by atomic mass is 32.2. The molecule has 2 saturated heterocycles. The predicted octanol–water partition coefficient (Wildman–Crippen LogP) is 2.81. The zero-order chi connectivity index (χ0) is 21.4. The van der Waals surface area contributed by atoms with Gasteiger partial charge in [-0.05, 0) is 55.5 Å². The van der Waals surface area contributed by atoms with Gasteiger partial charge in [0.15, 0.2) is 0 Å². The lowest BCUT2D eigenvalue weighted by Crippen LogP contribution is -2.52. The van der Waals surface area contributed by atoms with E-state index in [4.69, 9.17) is 4.74 Å². The molecule has 3 heterocycles. The van der Waals surface area contributed by atoms with E-state index in [1.165, 1.54) is 22.5 Å². The van der Waals surface area contributed by atoms with Gasteiger partial charge < -0.3 is 10.1 Å². The van der Waals surface area contributed by atoms with Gasteiger partial charge in [-0.2, -0.15) is 4.31 Å². The van der Waals surface area contributed by atoms with E-state index in [-0.39, 0.29) is 29.8 Å². The summed E-state index contributed by atoms with van der Waals surface area (Å²) in [6.07, 6.45) is 4.36. The minimum absolute atomic E-state index is 0.0493. The number of nitrogens with one attached hydrogen (secondary N) is 1. The molecule has 0 radical (unpaired) electrons. The number of halogens is 1. The normalized spacial score (nSPS) is 27.3. The van der Waals surface area contributed by atoms with Gasteiger partial charge >= 0.3 is 0 Å². The van der Waals surface area contributed by atoms with Crippen molar-refractivity contribution in [1.82, 2.24) is 9.29 Å². The molecular formula is C21H24FN3O4S. The number of aromatic nitrogens is 1. The number of carbonyl (C=O) groups is 1. The fraction of sp³-hybridized carbons (Fsp3) is 0.429. The summed E-state index contributed by atoms with van der Waals surface area (Å²) < 4.78 is 46.9. The lowest BCUT2D eigenvalue weighted by Gasteiger charge is -2.43. The number of amides is 1. The molecule has 9 heteroatoms. The highest BCUT2D eigenvalue weighted by molar-refractivity contribution is 7.89. The Labute approximate surface area is 175 Å². The number of pyridine rings is 1. The highest BCUT2D eigenvalue weighted by Gasteiger charge is 2.50. The molecule has 7 nitrogen and oxygen atoms in total. The van der Waals surface area contributed by atoms with Gasteiger partial charge in [0.1, 0.15) is 11.9 Å². The maximum absolute atomic E-state index is 13.5. The van der Waals surface area contributed by atoms with Crippen LogP contribution < -0.4 is 5.32 Å². The van der Waals surface area contributed by atoms with Crippen molar-refractivity contribution in [3.05, 3.63) is 54.6 Å². The van der Waals surface area contributed by atoms with Gasteiger partial charge in [0.05, 0.1) is 22.4 Å². The van der Waals surface area contributed by atoms with Crippen molar-refractivity contribution in [2.24, 2.45) is 5.92 Å². The molecule has 3 unspecified atom stereocenters. The fourth-order valence-electron chi connectivity index (χ4n) is 4.29. The summed E-state index contributed by atoms with van der Waals surface area (Å²) in [6.45, 7) is 2.46. The molecule has 2 fully saturated rings. The third-order valence-corrected chi connectivity index (χ3v) is 7.88. The van der Waals surface area contributed by atoms with Crippen molar-refractivity contribution >= 4 is 21.6 Å². The van der Waals surface area contributed by atoms with Gasteiger partial charge in [-0.3, -0.25) is 9.78 Å². The van der Waals surface area contributed by atoms with Crippen LogP contribution >= 0.6 is 0 Å². The number of anilines is 1. The lowest BCUT2D eigenvalue weighted by molar-refractivity contribution is -0.140. The first kappa shape index (κ1) is 20.9. The highest BCUT2D eigenvalue weighted by Crippen LogP contribution is 2.43. The fourth-order valence-corrected chi connectivity index (χ4v) is 5.85. The molecule has 3 atom stereocenters. The molecule has 160 valence electrons. The summed E-state index contributed by atoms with van der Waals surface area (Å²) in [6, 6.07) is 8.55. The quantitative estimate of drug-likeness (QED) is 0.801. The third kappa shape index (κ3) is 3.97. The minimum Gasteiger partial charge on any atom is -0.362 e. The molecular weight excluding hydrogens is 409 g/mol. The van der Waals surface area contributed by atoms with Gasteiger partial charge in [0.25, 0.3) is 5.91 Å². The van der Waals surface area contributed by atoms with Crippen LogP contribution in [0.25, 0.3) is 0 Å². The SMILES string of the molecule is CC1CN(S(=O)(=O)c2cccc(F)c2)CCC12CCC(C(=O)Nc1cccnc1)O2. The average Bonchev–Trinajstić information content (AvgIpc) is 3.16. The molecule has 1 spiro atoms. The van der Waals surface area contributed by atoms with Gasteiger partial charge in [0.2, 0.25) is 10.0 Å². The number of benzene rings is 1. The van der Waals surface area contributed by atoms with Crippen molar-refractivity contribution in [3.8, 4) is 0 Å². The summed E-state index contributed by atoms with van der Waals surface area (Å²) in [7, 11) is -3.78. The number of nitrogens with zero attached hydrogens (tertiary/aromatic N) is 2. The van der Waals surface area contributed by atoms with Gasteiger partial charge in [-0.1, -0.05) is 13.0 Å². The molecule has 4 rings (SSSR count). The first-order chi connectivity index (χ1) is 14.3. The predicted molar refractivity (Wildman–Crippen MR) is 109 cm³/mol. The van der Waals surface area contributed by atoms with Crippen LogP contribution in [0.3, 0.4) is 0 Å². The number of rotatable bonds is 4. The van der Waals surface area contributed by atoms with E-state index in [0.717, 1.165) is 6.07 Å². The Morgan fingerprint density at radius 3 is 2.83 bits per heavy atom. The molecule has 2 aliphatic heterocycles. The Balaban J connectivity index is 1.42. The first-order valence-corrected chi connectivity index (χ1v) is 11.4. The number of ether oxygens (including phenoxy) is 1. The van der Waals surface area contributed by atoms with E-state index >= 15 is 0 Å². The van der Waals surface area contributed by atoms with Crippen molar-refractivity contribution in [2.75, 3.05) is 18.4 Å². The number of carbonyl (C=O) groups excluding carboxylic acids is 1. The van der Waals surface area contributed by atoms with Crippen LogP contribution in [0, 0.1) is 11.7 Å². The zero-order valence-corrected chi connectivity index (χ0v) is 17.4. The topological polar surface area (TPSA) is 88.6 Å². The van der Waals surface area contributed by atoms with Crippen molar-refractivity contribution in [3.63, 3.8) is 0 Å². The summed E-state index contributed by atoms with van der Waals surface area (Å²) in [5.74, 6) is -0.910. The molecule has 0 saturated carbocycles. The van der Waals surface area contributed by atoms with Crippen LogP contribution in [0.1, 0.15) is 26.2 Å². The van der Waals surface area contributed by atoms with E-state index in [0.29, 0.717) is 24.9 Å². The first-order valence-electron chi connectivity index (χ1n) is 9.95. The van der Waals surface area contributed by atoms with E-state index < -0.39 is 27.5 Å². The molecule has 2 aliphatic rings. The van der Waals surface area contributed by atoms with E-state index in [9.17, 15) is 17.6 Å². The maximum atomic E-state index is 13.5. The van der Waals surface area contributed by atoms with Crippen LogP contribution in [-0.2, 0) is 19.6 Å². The second kappa shape index (κ2) is 8.05. The third-order valence-electron chi connectivity index (χ3n) is 6.02. The van der Waals surface area contributed by atoms with Gasteiger partial charge in [0, 0.05) is 19.3 Å². The molecule has 1 N–H and O–H groups in total. The van der Waals surface area contributed by atoms with Gasteiger partial charge in [-0.25, -0.2) is 12.8 Å². The van der Waals surface area contributed by atoms with Crippen LogP contribution in [0.15, 0.2) is 53.7 Å². The molecule has 1 aromatic heterocycles. The van der Waals surface area contributed by atoms with Crippen LogP contribution in [0.2, 0.25) is 0 Å². The summed E-state index contributed by atoms with van der Waals surface area (Å²) >= 11 is 0. The summed E-state index contributed by atoms with van der Waals surface area (Å²) in [4.78, 5) is 16.5. The summed E-state index contributed by atoms with van der Waals surface area (Å²) in [5, 5.41) is 2.81. The number of piperidine rings is 1. The van der Waals surface area contributed by atoms with Crippen molar-refractivity contribution < 1.29 is 22.3 Å². The van der Waals surface area contributed by atoms with Gasteiger partial charge in [-0.15, -0.1) is 0 Å². The van der Waals surface area contributed by atoms with E-state index in [2.05, 4.69) is 10.3 Å². The molecule has 1 amide bonds. The monoisotopic (exact) mass is 433 g/mol. The van der Waals surface area contributed by atoms with E-state index in [1.807, 2.05) is 6.92 Å². The Morgan fingerprint density at radius 1 is 1.30 bits per heavy atom. The molecule has 2 aromatic rings. The number of hydrogen-bond donors (Lipinski definition) is 1. The Hall–Kier alpha value is -2.36. The minimum atomic E-state index is -3.78. The second-order valence-corrected chi connectivity index (χ2v) is 9.85. The summed E-state index contributed by atoms with van der Waals surface area (Å²) in [5.41, 5.74) is 0.0707. The molecule has 0 aliphatic carbocycles. The zero-order valence-electron chi connectivity index (χ0n) is 16.6. The van der Waals surface area contributed by atoms with E-state index in [1.54, 1.807) is 24.5 Å². The second-order valence-electron chi connectivity index (χ2n) is 7.91.